The van der Waals surface area contributed by atoms with Gasteiger partial charge in [0.25, 0.3) is 0 Å². The quantitative estimate of drug-likeness (QED) is 0.873. The third-order valence-electron chi connectivity index (χ3n) is 3.67. The molecule has 4 nitrogen and oxygen atoms in total. The number of carbonyl (C=O) groups is 2. The van der Waals surface area contributed by atoms with Crippen molar-refractivity contribution in [1.82, 2.24) is 5.32 Å². The van der Waals surface area contributed by atoms with Crippen LogP contribution in [0.2, 0.25) is 0 Å². The lowest BCUT2D eigenvalue weighted by atomic mass is 9.98. The molecule has 1 aliphatic heterocycles. The fourth-order valence-corrected chi connectivity index (χ4v) is 2.17. The van der Waals surface area contributed by atoms with E-state index in [1.54, 1.807) is 0 Å². The standard InChI is InChI=1S/C15H20N2O2/c1-3-10(2)11-4-6-12(7-5-11)16-15(19)13-8-9-14(18)17-13/h4-7,10,13H,3,8-9H2,1-2H3,(H,16,19)(H,17,18). The molecule has 19 heavy (non-hydrogen) atoms. The first-order valence-electron chi connectivity index (χ1n) is 6.80. The molecule has 1 aromatic rings. The van der Waals surface area contributed by atoms with Crippen molar-refractivity contribution in [2.24, 2.45) is 0 Å². The SMILES string of the molecule is CCC(C)c1ccc(NC(=O)C2CCC(=O)N2)cc1. The number of carbonyl (C=O) groups excluding carboxylic acids is 2. The molecule has 1 saturated heterocycles. The zero-order valence-corrected chi connectivity index (χ0v) is 11.4. The summed E-state index contributed by atoms with van der Waals surface area (Å²) in [6.07, 6.45) is 2.11. The lowest BCUT2D eigenvalue weighted by Crippen LogP contribution is -2.37. The van der Waals surface area contributed by atoms with Crippen LogP contribution < -0.4 is 10.6 Å². The van der Waals surface area contributed by atoms with Crippen molar-refractivity contribution >= 4 is 17.5 Å². The summed E-state index contributed by atoms with van der Waals surface area (Å²) >= 11 is 0. The molecule has 2 atom stereocenters. The average molecular weight is 260 g/mol. The molecule has 2 unspecified atom stereocenters. The van der Waals surface area contributed by atoms with Crippen LogP contribution in [0.3, 0.4) is 0 Å². The van der Waals surface area contributed by atoms with Gasteiger partial charge in [-0.3, -0.25) is 9.59 Å². The van der Waals surface area contributed by atoms with Gasteiger partial charge in [-0.25, -0.2) is 0 Å². The molecule has 1 fully saturated rings. The molecule has 2 amide bonds. The van der Waals surface area contributed by atoms with Gasteiger partial charge in [-0.15, -0.1) is 0 Å². The number of hydrogen-bond acceptors (Lipinski definition) is 2. The van der Waals surface area contributed by atoms with Crippen LogP contribution in [0.25, 0.3) is 0 Å². The van der Waals surface area contributed by atoms with Crippen molar-refractivity contribution < 1.29 is 9.59 Å². The highest BCUT2D eigenvalue weighted by Gasteiger charge is 2.26. The first-order chi connectivity index (χ1) is 9.10. The lowest BCUT2D eigenvalue weighted by Gasteiger charge is -2.13. The number of anilines is 1. The first kappa shape index (κ1) is 13.6. The predicted molar refractivity (Wildman–Crippen MR) is 74.9 cm³/mol. The minimum absolute atomic E-state index is 0.0488. The van der Waals surface area contributed by atoms with E-state index < -0.39 is 0 Å². The fourth-order valence-electron chi connectivity index (χ4n) is 2.17. The molecule has 0 spiro atoms. The van der Waals surface area contributed by atoms with E-state index in [1.165, 1.54) is 5.56 Å². The van der Waals surface area contributed by atoms with Crippen molar-refractivity contribution in [3.05, 3.63) is 29.8 Å². The summed E-state index contributed by atoms with van der Waals surface area (Å²) in [5, 5.41) is 5.50. The van der Waals surface area contributed by atoms with Crippen molar-refractivity contribution in [2.75, 3.05) is 5.32 Å². The second-order valence-corrected chi connectivity index (χ2v) is 5.08. The third kappa shape index (κ3) is 3.34. The summed E-state index contributed by atoms with van der Waals surface area (Å²) in [7, 11) is 0. The highest BCUT2D eigenvalue weighted by molar-refractivity contribution is 5.98. The van der Waals surface area contributed by atoms with Gasteiger partial charge in [0.15, 0.2) is 0 Å². The lowest BCUT2D eigenvalue weighted by molar-refractivity contribution is -0.122. The Kier molecular flexibility index (Phi) is 4.20. The highest BCUT2D eigenvalue weighted by Crippen LogP contribution is 2.20. The Morgan fingerprint density at radius 1 is 1.42 bits per heavy atom. The first-order valence-corrected chi connectivity index (χ1v) is 6.80. The summed E-state index contributed by atoms with van der Waals surface area (Å²) < 4.78 is 0. The van der Waals surface area contributed by atoms with Gasteiger partial charge in [-0.05, 0) is 36.5 Å². The normalized spacial score (nSPS) is 19.9. The maximum absolute atomic E-state index is 11.9. The van der Waals surface area contributed by atoms with Gasteiger partial charge in [0.05, 0.1) is 0 Å². The smallest absolute Gasteiger partial charge is 0.246 e. The van der Waals surface area contributed by atoms with Crippen molar-refractivity contribution in [1.29, 1.82) is 0 Å². The summed E-state index contributed by atoms with van der Waals surface area (Å²) in [6, 6.07) is 7.52. The molecule has 1 aliphatic rings. The van der Waals surface area contributed by atoms with Crippen LogP contribution in [0, 0.1) is 0 Å². The number of rotatable bonds is 4. The van der Waals surface area contributed by atoms with Crippen molar-refractivity contribution in [3.8, 4) is 0 Å². The van der Waals surface area contributed by atoms with E-state index in [0.29, 0.717) is 18.8 Å². The molecule has 0 aliphatic carbocycles. The van der Waals surface area contributed by atoms with Crippen molar-refractivity contribution in [3.63, 3.8) is 0 Å². The van der Waals surface area contributed by atoms with Crippen molar-refractivity contribution in [2.45, 2.75) is 45.1 Å². The van der Waals surface area contributed by atoms with E-state index in [0.717, 1.165) is 12.1 Å². The Bertz CT molecular complexity index is 468. The summed E-state index contributed by atoms with van der Waals surface area (Å²) in [4.78, 5) is 23.0. The van der Waals surface area contributed by atoms with E-state index in [-0.39, 0.29) is 17.9 Å². The molecule has 102 valence electrons. The van der Waals surface area contributed by atoms with E-state index in [4.69, 9.17) is 0 Å². The maximum Gasteiger partial charge on any atom is 0.246 e. The zero-order chi connectivity index (χ0) is 13.8. The number of benzene rings is 1. The average Bonchev–Trinajstić information content (AvgIpc) is 2.85. The van der Waals surface area contributed by atoms with Gasteiger partial charge in [0, 0.05) is 12.1 Å². The van der Waals surface area contributed by atoms with E-state index in [1.807, 2.05) is 24.3 Å². The summed E-state index contributed by atoms with van der Waals surface area (Å²) in [5.41, 5.74) is 2.05. The summed E-state index contributed by atoms with van der Waals surface area (Å²) in [5.74, 6) is 0.341. The Hall–Kier alpha value is -1.84. The highest BCUT2D eigenvalue weighted by atomic mass is 16.2. The van der Waals surface area contributed by atoms with Crippen LogP contribution in [-0.4, -0.2) is 17.9 Å². The molecular weight excluding hydrogens is 240 g/mol. The van der Waals surface area contributed by atoms with Gasteiger partial charge in [-0.2, -0.15) is 0 Å². The molecule has 4 heteroatoms. The number of amides is 2. The fraction of sp³-hybridized carbons (Fsp3) is 0.467. The van der Waals surface area contributed by atoms with E-state index in [2.05, 4.69) is 24.5 Å². The zero-order valence-electron chi connectivity index (χ0n) is 11.4. The molecule has 0 aromatic heterocycles. The monoisotopic (exact) mass is 260 g/mol. The van der Waals surface area contributed by atoms with Crippen LogP contribution in [0.5, 0.6) is 0 Å². The van der Waals surface area contributed by atoms with E-state index >= 15 is 0 Å². The van der Waals surface area contributed by atoms with E-state index in [9.17, 15) is 9.59 Å². The molecular formula is C15H20N2O2. The second-order valence-electron chi connectivity index (χ2n) is 5.08. The Morgan fingerprint density at radius 2 is 2.11 bits per heavy atom. The molecule has 0 radical (unpaired) electrons. The summed E-state index contributed by atoms with van der Waals surface area (Å²) in [6.45, 7) is 4.34. The Balaban J connectivity index is 1.96. The molecule has 0 bridgehead atoms. The van der Waals surface area contributed by atoms with Crippen LogP contribution in [0.15, 0.2) is 24.3 Å². The number of nitrogens with one attached hydrogen (secondary N) is 2. The topological polar surface area (TPSA) is 58.2 Å². The predicted octanol–water partition coefficient (Wildman–Crippen LogP) is 2.42. The van der Waals surface area contributed by atoms with Gasteiger partial charge in [0.2, 0.25) is 11.8 Å². The number of hydrogen-bond donors (Lipinski definition) is 2. The van der Waals surface area contributed by atoms with Gasteiger partial charge in [0.1, 0.15) is 6.04 Å². The van der Waals surface area contributed by atoms with Crippen LogP contribution in [-0.2, 0) is 9.59 Å². The van der Waals surface area contributed by atoms with Crippen LogP contribution in [0.4, 0.5) is 5.69 Å². The maximum atomic E-state index is 11.9. The Morgan fingerprint density at radius 3 is 2.63 bits per heavy atom. The van der Waals surface area contributed by atoms with Gasteiger partial charge >= 0.3 is 0 Å². The Labute approximate surface area is 113 Å². The second kappa shape index (κ2) is 5.87. The van der Waals surface area contributed by atoms with Gasteiger partial charge < -0.3 is 10.6 Å². The van der Waals surface area contributed by atoms with Crippen LogP contribution >= 0.6 is 0 Å². The van der Waals surface area contributed by atoms with Crippen LogP contribution in [0.1, 0.15) is 44.6 Å². The molecule has 0 saturated carbocycles. The third-order valence-corrected chi connectivity index (χ3v) is 3.67. The molecule has 2 N–H and O–H groups in total. The molecule has 1 aromatic carbocycles. The minimum Gasteiger partial charge on any atom is -0.344 e. The largest absolute Gasteiger partial charge is 0.344 e. The minimum atomic E-state index is -0.387. The molecule has 2 rings (SSSR count). The molecule has 1 heterocycles. The van der Waals surface area contributed by atoms with Gasteiger partial charge in [-0.1, -0.05) is 26.0 Å².